The third-order valence-corrected chi connectivity index (χ3v) is 3.36. The summed E-state index contributed by atoms with van der Waals surface area (Å²) < 4.78 is 5.54. The SMILES string of the molecule is CC(C)c1ccc(N2CCOC([C@@H](C)O)C2)cn1. The maximum atomic E-state index is 9.59. The highest BCUT2D eigenvalue weighted by Crippen LogP contribution is 2.20. The molecule has 0 saturated carbocycles. The van der Waals surface area contributed by atoms with E-state index in [1.807, 2.05) is 6.20 Å². The molecule has 100 valence electrons. The third kappa shape index (κ3) is 3.00. The van der Waals surface area contributed by atoms with Crippen molar-refractivity contribution in [3.8, 4) is 0 Å². The lowest BCUT2D eigenvalue weighted by Crippen LogP contribution is -2.47. The van der Waals surface area contributed by atoms with Crippen molar-refractivity contribution in [2.75, 3.05) is 24.6 Å². The molecule has 4 heteroatoms. The highest BCUT2D eigenvalue weighted by molar-refractivity contribution is 5.45. The van der Waals surface area contributed by atoms with E-state index in [0.29, 0.717) is 12.5 Å². The summed E-state index contributed by atoms with van der Waals surface area (Å²) >= 11 is 0. The van der Waals surface area contributed by atoms with Gasteiger partial charge in [-0.2, -0.15) is 0 Å². The number of hydrogen-bond acceptors (Lipinski definition) is 4. The second kappa shape index (κ2) is 5.67. The second-order valence-corrected chi connectivity index (χ2v) is 5.19. The van der Waals surface area contributed by atoms with Crippen LogP contribution in [0.3, 0.4) is 0 Å². The monoisotopic (exact) mass is 250 g/mol. The summed E-state index contributed by atoms with van der Waals surface area (Å²) in [5, 5.41) is 9.59. The number of morpholine rings is 1. The van der Waals surface area contributed by atoms with Gasteiger partial charge in [0.25, 0.3) is 0 Å². The Balaban J connectivity index is 2.06. The summed E-state index contributed by atoms with van der Waals surface area (Å²) in [6, 6.07) is 4.18. The lowest BCUT2D eigenvalue weighted by atomic mass is 10.1. The van der Waals surface area contributed by atoms with Crippen molar-refractivity contribution in [2.24, 2.45) is 0 Å². The molecule has 1 unspecified atom stereocenters. The minimum absolute atomic E-state index is 0.108. The van der Waals surface area contributed by atoms with E-state index >= 15 is 0 Å². The molecule has 1 aliphatic rings. The summed E-state index contributed by atoms with van der Waals surface area (Å²) in [4.78, 5) is 6.70. The number of aliphatic hydroxyl groups is 1. The molecule has 1 N–H and O–H groups in total. The van der Waals surface area contributed by atoms with Crippen molar-refractivity contribution >= 4 is 5.69 Å². The first kappa shape index (κ1) is 13.3. The van der Waals surface area contributed by atoms with Crippen LogP contribution in [0.4, 0.5) is 5.69 Å². The molecule has 2 atom stereocenters. The molecule has 2 heterocycles. The summed E-state index contributed by atoms with van der Waals surface area (Å²) in [5.74, 6) is 0.453. The fourth-order valence-electron chi connectivity index (χ4n) is 2.13. The van der Waals surface area contributed by atoms with Crippen molar-refractivity contribution in [3.63, 3.8) is 0 Å². The number of aliphatic hydroxyl groups excluding tert-OH is 1. The van der Waals surface area contributed by atoms with Crippen molar-refractivity contribution < 1.29 is 9.84 Å². The van der Waals surface area contributed by atoms with E-state index in [0.717, 1.165) is 24.5 Å². The Morgan fingerprint density at radius 1 is 1.39 bits per heavy atom. The standard InChI is InChI=1S/C14H22N2O2/c1-10(2)13-5-4-12(8-15-13)16-6-7-18-14(9-16)11(3)17/h4-5,8,10-11,14,17H,6-7,9H2,1-3H3/t11-,14?/m1/s1. The van der Waals surface area contributed by atoms with Gasteiger partial charge in [-0.3, -0.25) is 4.98 Å². The third-order valence-electron chi connectivity index (χ3n) is 3.36. The van der Waals surface area contributed by atoms with Gasteiger partial charge in [-0.1, -0.05) is 13.8 Å². The molecule has 0 aromatic carbocycles. The molecule has 0 aliphatic carbocycles. The van der Waals surface area contributed by atoms with Crippen LogP contribution < -0.4 is 4.90 Å². The largest absolute Gasteiger partial charge is 0.391 e. The fourth-order valence-corrected chi connectivity index (χ4v) is 2.13. The van der Waals surface area contributed by atoms with E-state index in [1.54, 1.807) is 6.92 Å². The first-order chi connectivity index (χ1) is 8.58. The van der Waals surface area contributed by atoms with Crippen LogP contribution in [0.5, 0.6) is 0 Å². The maximum absolute atomic E-state index is 9.59. The van der Waals surface area contributed by atoms with Gasteiger partial charge in [0, 0.05) is 18.8 Å². The summed E-state index contributed by atoms with van der Waals surface area (Å²) in [6.45, 7) is 8.28. The van der Waals surface area contributed by atoms with Crippen LogP contribution >= 0.6 is 0 Å². The van der Waals surface area contributed by atoms with Gasteiger partial charge in [0.05, 0.1) is 24.6 Å². The molecular weight excluding hydrogens is 228 g/mol. The van der Waals surface area contributed by atoms with Gasteiger partial charge in [-0.25, -0.2) is 0 Å². The average Bonchev–Trinajstić information content (AvgIpc) is 2.39. The molecule has 1 aromatic rings. The van der Waals surface area contributed by atoms with E-state index in [-0.39, 0.29) is 6.10 Å². The number of ether oxygens (including phenoxy) is 1. The number of hydrogen-bond donors (Lipinski definition) is 1. The van der Waals surface area contributed by atoms with Gasteiger partial charge in [-0.15, -0.1) is 0 Å². The predicted molar refractivity (Wildman–Crippen MR) is 72.0 cm³/mol. The normalized spacial score (nSPS) is 22.3. The molecule has 1 aliphatic heterocycles. The Morgan fingerprint density at radius 3 is 2.72 bits per heavy atom. The van der Waals surface area contributed by atoms with Crippen LogP contribution in [0.25, 0.3) is 0 Å². The molecule has 2 rings (SSSR count). The van der Waals surface area contributed by atoms with E-state index in [4.69, 9.17) is 4.74 Å². The van der Waals surface area contributed by atoms with Gasteiger partial charge in [0.15, 0.2) is 0 Å². The first-order valence-electron chi connectivity index (χ1n) is 6.58. The van der Waals surface area contributed by atoms with Crippen LogP contribution in [0, 0.1) is 0 Å². The van der Waals surface area contributed by atoms with Crippen molar-refractivity contribution in [3.05, 3.63) is 24.0 Å². The van der Waals surface area contributed by atoms with E-state index in [1.165, 1.54) is 0 Å². The molecule has 1 aromatic heterocycles. The van der Waals surface area contributed by atoms with Crippen LogP contribution in [0.1, 0.15) is 32.4 Å². The zero-order chi connectivity index (χ0) is 13.1. The van der Waals surface area contributed by atoms with Crippen molar-refractivity contribution in [1.82, 2.24) is 4.98 Å². The van der Waals surface area contributed by atoms with Crippen LogP contribution in [-0.4, -0.2) is 42.0 Å². The van der Waals surface area contributed by atoms with Gasteiger partial charge in [0.1, 0.15) is 6.10 Å². The van der Waals surface area contributed by atoms with Crippen LogP contribution in [0.2, 0.25) is 0 Å². The Kier molecular flexibility index (Phi) is 4.19. The molecule has 1 saturated heterocycles. The Morgan fingerprint density at radius 2 is 2.17 bits per heavy atom. The molecule has 0 bridgehead atoms. The summed E-state index contributed by atoms with van der Waals surface area (Å²) in [6.07, 6.45) is 1.37. The van der Waals surface area contributed by atoms with Gasteiger partial charge in [-0.05, 0) is 25.0 Å². The van der Waals surface area contributed by atoms with Gasteiger partial charge >= 0.3 is 0 Å². The molecule has 0 spiro atoms. The number of rotatable bonds is 3. The number of anilines is 1. The topological polar surface area (TPSA) is 45.6 Å². The summed E-state index contributed by atoms with van der Waals surface area (Å²) in [5.41, 5.74) is 2.22. The van der Waals surface area contributed by atoms with Gasteiger partial charge < -0.3 is 14.7 Å². The highest BCUT2D eigenvalue weighted by Gasteiger charge is 2.24. The molecule has 1 fully saturated rings. The quantitative estimate of drug-likeness (QED) is 0.888. The lowest BCUT2D eigenvalue weighted by Gasteiger charge is -2.35. The smallest absolute Gasteiger partial charge is 0.101 e. The van der Waals surface area contributed by atoms with E-state index < -0.39 is 6.10 Å². The Labute approximate surface area is 109 Å². The Hall–Kier alpha value is -1.13. The van der Waals surface area contributed by atoms with E-state index in [2.05, 4.69) is 35.9 Å². The highest BCUT2D eigenvalue weighted by atomic mass is 16.5. The number of aromatic nitrogens is 1. The van der Waals surface area contributed by atoms with Gasteiger partial charge in [0.2, 0.25) is 0 Å². The van der Waals surface area contributed by atoms with Crippen molar-refractivity contribution in [2.45, 2.75) is 38.9 Å². The molecule has 0 amide bonds. The van der Waals surface area contributed by atoms with Crippen LogP contribution in [-0.2, 0) is 4.74 Å². The molecule has 4 nitrogen and oxygen atoms in total. The lowest BCUT2D eigenvalue weighted by molar-refractivity contribution is -0.0364. The van der Waals surface area contributed by atoms with Crippen LogP contribution in [0.15, 0.2) is 18.3 Å². The number of nitrogens with zero attached hydrogens (tertiary/aromatic N) is 2. The molecule has 18 heavy (non-hydrogen) atoms. The zero-order valence-corrected chi connectivity index (χ0v) is 11.3. The zero-order valence-electron chi connectivity index (χ0n) is 11.3. The Bertz CT molecular complexity index is 376. The second-order valence-electron chi connectivity index (χ2n) is 5.19. The van der Waals surface area contributed by atoms with Crippen molar-refractivity contribution in [1.29, 1.82) is 0 Å². The predicted octanol–water partition coefficient (Wildman–Crippen LogP) is 1.79. The number of pyridine rings is 1. The molecular formula is C14H22N2O2. The van der Waals surface area contributed by atoms with E-state index in [9.17, 15) is 5.11 Å². The summed E-state index contributed by atoms with van der Waals surface area (Å²) in [7, 11) is 0. The maximum Gasteiger partial charge on any atom is 0.101 e. The average molecular weight is 250 g/mol. The first-order valence-corrected chi connectivity index (χ1v) is 6.58. The fraction of sp³-hybridized carbons (Fsp3) is 0.643. The minimum atomic E-state index is -0.435. The minimum Gasteiger partial charge on any atom is -0.391 e. The molecule has 0 radical (unpaired) electrons.